The van der Waals surface area contributed by atoms with E-state index in [1.165, 1.54) is 10.9 Å². The maximum absolute atomic E-state index is 12.7. The van der Waals surface area contributed by atoms with Crippen LogP contribution in [0.15, 0.2) is 11.1 Å². The minimum absolute atomic E-state index is 0.0131. The molecule has 3 unspecified atom stereocenters. The lowest BCUT2D eigenvalue weighted by Gasteiger charge is -2.39. The first kappa shape index (κ1) is 14.3. The molecule has 0 spiro atoms. The van der Waals surface area contributed by atoms with E-state index in [1.807, 2.05) is 6.92 Å². The van der Waals surface area contributed by atoms with Gasteiger partial charge in [0.25, 0.3) is 0 Å². The number of piperidine rings is 1. The quantitative estimate of drug-likeness (QED) is 0.881. The van der Waals surface area contributed by atoms with E-state index in [4.69, 9.17) is 5.73 Å². The van der Waals surface area contributed by atoms with E-state index >= 15 is 0 Å². The van der Waals surface area contributed by atoms with Crippen LogP contribution >= 0.6 is 0 Å². The average Bonchev–Trinajstić information content (AvgIpc) is 2.63. The van der Waals surface area contributed by atoms with Crippen LogP contribution < -0.4 is 5.73 Å². The van der Waals surface area contributed by atoms with Gasteiger partial charge < -0.3 is 5.73 Å². The molecule has 2 N–H and O–H groups in total. The van der Waals surface area contributed by atoms with Gasteiger partial charge in [-0.2, -0.15) is 9.40 Å². The maximum atomic E-state index is 12.7. The van der Waals surface area contributed by atoms with Crippen LogP contribution in [-0.2, 0) is 17.1 Å². The van der Waals surface area contributed by atoms with Gasteiger partial charge in [-0.1, -0.05) is 13.8 Å². The number of aryl methyl sites for hydroxylation is 1. The van der Waals surface area contributed by atoms with Crippen molar-refractivity contribution in [1.29, 1.82) is 0 Å². The smallest absolute Gasteiger partial charge is 0.248 e. The molecule has 1 aliphatic heterocycles. The molecular weight excluding hydrogens is 264 g/mol. The summed E-state index contributed by atoms with van der Waals surface area (Å²) in [5.41, 5.74) is 5.71. The van der Waals surface area contributed by atoms with Crippen LogP contribution in [0.25, 0.3) is 0 Å². The van der Waals surface area contributed by atoms with Gasteiger partial charge in [0.05, 0.1) is 0 Å². The first-order valence-corrected chi connectivity index (χ1v) is 7.98. The molecule has 7 heteroatoms. The Morgan fingerprint density at radius 3 is 2.53 bits per heavy atom. The third-order valence-corrected chi connectivity index (χ3v) is 5.92. The van der Waals surface area contributed by atoms with Crippen LogP contribution in [-0.4, -0.2) is 35.1 Å². The highest BCUT2D eigenvalue weighted by molar-refractivity contribution is 7.89. The summed E-state index contributed by atoms with van der Waals surface area (Å²) < 4.78 is 28.4. The van der Waals surface area contributed by atoms with E-state index in [-0.39, 0.29) is 16.8 Å². The van der Waals surface area contributed by atoms with Crippen LogP contribution in [0.2, 0.25) is 0 Å². The van der Waals surface area contributed by atoms with E-state index < -0.39 is 10.0 Å². The van der Waals surface area contributed by atoms with Crippen molar-refractivity contribution in [3.63, 3.8) is 0 Å². The van der Waals surface area contributed by atoms with Gasteiger partial charge in [0.2, 0.25) is 10.0 Å². The van der Waals surface area contributed by atoms with E-state index in [0.717, 1.165) is 6.42 Å². The van der Waals surface area contributed by atoms with Crippen molar-refractivity contribution in [2.24, 2.45) is 18.9 Å². The van der Waals surface area contributed by atoms with Crippen LogP contribution in [0.4, 0.5) is 5.82 Å². The van der Waals surface area contributed by atoms with Gasteiger partial charge >= 0.3 is 0 Å². The third-order valence-electron chi connectivity index (χ3n) is 3.95. The lowest BCUT2D eigenvalue weighted by atomic mass is 9.88. The van der Waals surface area contributed by atoms with Gasteiger partial charge in [-0.15, -0.1) is 0 Å². The Morgan fingerprint density at radius 1 is 1.37 bits per heavy atom. The van der Waals surface area contributed by atoms with Gasteiger partial charge in [-0.3, -0.25) is 4.68 Å². The molecule has 1 aromatic rings. The lowest BCUT2D eigenvalue weighted by molar-refractivity contribution is 0.157. The lowest BCUT2D eigenvalue weighted by Crippen LogP contribution is -2.48. The van der Waals surface area contributed by atoms with E-state index in [9.17, 15) is 8.42 Å². The van der Waals surface area contributed by atoms with Crippen molar-refractivity contribution < 1.29 is 8.42 Å². The Labute approximate surface area is 114 Å². The van der Waals surface area contributed by atoms with Crippen molar-refractivity contribution in [3.05, 3.63) is 6.20 Å². The summed E-state index contributed by atoms with van der Waals surface area (Å²) in [6, 6.07) is -0.0131. The number of nitrogens with zero attached hydrogens (tertiary/aromatic N) is 3. The molecule has 2 heterocycles. The molecule has 6 nitrogen and oxygen atoms in total. The number of hydrogen-bond donors (Lipinski definition) is 1. The number of rotatable bonds is 2. The zero-order chi connectivity index (χ0) is 14.4. The predicted octanol–water partition coefficient (Wildman–Crippen LogP) is 1.06. The first-order valence-electron chi connectivity index (χ1n) is 6.54. The fourth-order valence-corrected chi connectivity index (χ4v) is 4.73. The summed E-state index contributed by atoms with van der Waals surface area (Å²) in [5, 5.41) is 3.92. The molecule has 0 bridgehead atoms. The van der Waals surface area contributed by atoms with Crippen molar-refractivity contribution in [2.75, 3.05) is 12.3 Å². The van der Waals surface area contributed by atoms with Crippen LogP contribution in [0, 0.1) is 11.8 Å². The molecule has 3 atom stereocenters. The van der Waals surface area contributed by atoms with Crippen LogP contribution in [0.1, 0.15) is 27.2 Å². The summed E-state index contributed by atoms with van der Waals surface area (Å²) in [7, 11) is -1.89. The Balaban J connectivity index is 2.41. The number of anilines is 1. The number of nitrogen functional groups attached to an aromatic ring is 1. The largest absolute Gasteiger partial charge is 0.381 e. The highest BCUT2D eigenvalue weighted by Crippen LogP contribution is 2.32. The summed E-state index contributed by atoms with van der Waals surface area (Å²) in [6.07, 6.45) is 2.52. The second-order valence-corrected chi connectivity index (χ2v) is 7.54. The summed E-state index contributed by atoms with van der Waals surface area (Å²) in [5.74, 6) is 0.774. The highest BCUT2D eigenvalue weighted by Gasteiger charge is 2.38. The number of nitrogens with two attached hydrogens (primary N) is 1. The molecule has 1 aromatic heterocycles. The molecule has 2 rings (SSSR count). The normalized spacial score (nSPS) is 29.6. The Hall–Kier alpha value is -1.08. The number of aromatic nitrogens is 2. The molecule has 0 saturated carbocycles. The second-order valence-electron chi connectivity index (χ2n) is 5.69. The van der Waals surface area contributed by atoms with E-state index in [1.54, 1.807) is 11.4 Å². The monoisotopic (exact) mass is 286 g/mol. The SMILES string of the molecule is CC1CC(C)C(C)N(S(=O)(=O)c2cn(C)nc2N)C1. The number of sulfonamides is 1. The van der Waals surface area contributed by atoms with Crippen molar-refractivity contribution in [2.45, 2.75) is 38.1 Å². The van der Waals surface area contributed by atoms with Gasteiger partial charge in [0.1, 0.15) is 4.90 Å². The van der Waals surface area contributed by atoms with Crippen LogP contribution in [0.5, 0.6) is 0 Å². The highest BCUT2D eigenvalue weighted by atomic mass is 32.2. The molecule has 1 saturated heterocycles. The fourth-order valence-electron chi connectivity index (χ4n) is 2.79. The molecule has 1 fully saturated rings. The fraction of sp³-hybridized carbons (Fsp3) is 0.750. The molecule has 108 valence electrons. The van der Waals surface area contributed by atoms with E-state index in [2.05, 4.69) is 18.9 Å². The molecule has 19 heavy (non-hydrogen) atoms. The number of hydrogen-bond acceptors (Lipinski definition) is 4. The standard InChI is InChI=1S/C12H22N4O2S/c1-8-5-9(2)10(3)16(6-8)19(17,18)11-7-15(4)14-12(11)13/h7-10H,5-6H2,1-4H3,(H2,13,14). The van der Waals surface area contributed by atoms with Crippen molar-refractivity contribution in [3.8, 4) is 0 Å². The predicted molar refractivity (Wildman–Crippen MR) is 73.9 cm³/mol. The van der Waals surface area contributed by atoms with E-state index in [0.29, 0.717) is 18.4 Å². The third kappa shape index (κ3) is 2.49. The molecule has 1 aliphatic rings. The summed E-state index contributed by atoms with van der Waals surface area (Å²) in [4.78, 5) is 0.114. The molecule has 0 amide bonds. The van der Waals surface area contributed by atoms with Crippen molar-refractivity contribution in [1.82, 2.24) is 14.1 Å². The molecule has 0 aromatic carbocycles. The first-order chi connectivity index (χ1) is 8.73. The van der Waals surface area contributed by atoms with Gasteiger partial charge in [0.15, 0.2) is 5.82 Å². The maximum Gasteiger partial charge on any atom is 0.248 e. The molecular formula is C12H22N4O2S. The van der Waals surface area contributed by atoms with Gasteiger partial charge in [-0.05, 0) is 25.2 Å². The Bertz CT molecular complexity index is 566. The molecule has 0 aliphatic carbocycles. The van der Waals surface area contributed by atoms with Crippen molar-refractivity contribution >= 4 is 15.8 Å². The zero-order valence-corrected chi connectivity index (χ0v) is 12.7. The van der Waals surface area contributed by atoms with Crippen LogP contribution in [0.3, 0.4) is 0 Å². The second kappa shape index (κ2) is 4.79. The van der Waals surface area contributed by atoms with Gasteiger partial charge in [-0.25, -0.2) is 8.42 Å². The molecule has 0 radical (unpaired) electrons. The topological polar surface area (TPSA) is 81.2 Å². The Morgan fingerprint density at radius 2 is 2.00 bits per heavy atom. The minimum atomic E-state index is -3.56. The zero-order valence-electron chi connectivity index (χ0n) is 11.9. The summed E-state index contributed by atoms with van der Waals surface area (Å²) >= 11 is 0. The average molecular weight is 286 g/mol. The van der Waals surface area contributed by atoms with Gasteiger partial charge in [0, 0.05) is 25.8 Å². The summed E-state index contributed by atoms with van der Waals surface area (Å²) in [6.45, 7) is 6.68. The minimum Gasteiger partial charge on any atom is -0.381 e. The Kier molecular flexibility index (Phi) is 3.61.